The summed E-state index contributed by atoms with van der Waals surface area (Å²) in [6.07, 6.45) is 2.00. The van der Waals surface area contributed by atoms with Gasteiger partial charge in [-0.3, -0.25) is 10.1 Å². The van der Waals surface area contributed by atoms with Crippen LogP contribution in [0.25, 0.3) is 0 Å². The minimum atomic E-state index is -0.591. The van der Waals surface area contributed by atoms with Crippen molar-refractivity contribution >= 4 is 17.7 Å². The maximum atomic E-state index is 12.2. The monoisotopic (exact) mass is 303 g/mol. The number of carbonyl (C=O) groups excluding carboxylic acids is 1. The molecule has 3 atom stereocenters. The number of thioether (sulfide) groups is 1. The van der Waals surface area contributed by atoms with Crippen LogP contribution in [0.4, 0.5) is 0 Å². The molecule has 0 aliphatic carbocycles. The Bertz CT molecular complexity index is 284. The Morgan fingerprint density at radius 2 is 1.85 bits per heavy atom. The third kappa shape index (κ3) is 7.53. The van der Waals surface area contributed by atoms with Crippen molar-refractivity contribution in [3.8, 4) is 0 Å². The Balaban J connectivity index is 4.59. The molecule has 0 bridgehead atoms. The van der Waals surface area contributed by atoms with E-state index in [2.05, 4.69) is 39.9 Å². The molecule has 0 aliphatic rings. The molecule has 1 N–H and O–H groups in total. The van der Waals surface area contributed by atoms with Crippen molar-refractivity contribution in [3.63, 3.8) is 0 Å². The molecule has 0 fully saturated rings. The molecule has 0 saturated heterocycles. The van der Waals surface area contributed by atoms with Crippen LogP contribution in [-0.2, 0) is 9.53 Å². The van der Waals surface area contributed by atoms with E-state index < -0.39 is 5.54 Å². The Hall–Kier alpha value is -0.220. The van der Waals surface area contributed by atoms with Crippen molar-refractivity contribution < 1.29 is 9.53 Å². The van der Waals surface area contributed by atoms with Gasteiger partial charge in [0.25, 0.3) is 0 Å². The third-order valence-electron chi connectivity index (χ3n) is 3.39. The van der Waals surface area contributed by atoms with Gasteiger partial charge in [0.1, 0.15) is 5.54 Å². The van der Waals surface area contributed by atoms with Crippen molar-refractivity contribution in [2.24, 2.45) is 5.92 Å². The molecular formula is C16H33NO2S. The molecule has 120 valence electrons. The molecule has 4 heteroatoms. The summed E-state index contributed by atoms with van der Waals surface area (Å²) in [5.41, 5.74) is -0.591. The maximum Gasteiger partial charge on any atom is 0.326 e. The minimum absolute atomic E-state index is 0.135. The Kier molecular flexibility index (Phi) is 9.56. The summed E-state index contributed by atoms with van der Waals surface area (Å²) >= 11 is 1.95. The van der Waals surface area contributed by atoms with E-state index in [1.807, 2.05) is 25.6 Å². The first-order valence-corrected chi connectivity index (χ1v) is 8.86. The van der Waals surface area contributed by atoms with E-state index in [1.54, 1.807) is 0 Å². The molecule has 0 radical (unpaired) electrons. The molecule has 0 aliphatic heterocycles. The van der Waals surface area contributed by atoms with Crippen molar-refractivity contribution in [2.45, 2.75) is 78.1 Å². The summed E-state index contributed by atoms with van der Waals surface area (Å²) in [5, 5.41) is 3.82. The van der Waals surface area contributed by atoms with Gasteiger partial charge in [0.05, 0.1) is 6.61 Å². The Morgan fingerprint density at radius 1 is 1.25 bits per heavy atom. The predicted octanol–water partition coefficient (Wildman–Crippen LogP) is 3.86. The van der Waals surface area contributed by atoms with Gasteiger partial charge in [-0.1, -0.05) is 27.2 Å². The first kappa shape index (κ1) is 19.8. The molecule has 0 heterocycles. The fraction of sp³-hybridized carbons (Fsp3) is 0.938. The van der Waals surface area contributed by atoms with Crippen molar-refractivity contribution in [1.29, 1.82) is 0 Å². The molecule has 0 amide bonds. The van der Waals surface area contributed by atoms with Gasteiger partial charge in [0.15, 0.2) is 0 Å². The number of rotatable bonds is 10. The van der Waals surface area contributed by atoms with Gasteiger partial charge in [-0.2, -0.15) is 11.8 Å². The topological polar surface area (TPSA) is 38.3 Å². The lowest BCUT2D eigenvalue weighted by molar-refractivity contribution is -0.151. The molecule has 0 saturated carbocycles. The zero-order valence-electron chi connectivity index (χ0n) is 14.3. The lowest BCUT2D eigenvalue weighted by Gasteiger charge is -2.33. The number of nitrogens with one attached hydrogen (secondary N) is 1. The zero-order valence-corrected chi connectivity index (χ0v) is 15.1. The van der Waals surface area contributed by atoms with Crippen LogP contribution in [-0.4, -0.2) is 35.2 Å². The van der Waals surface area contributed by atoms with Crippen LogP contribution in [0.5, 0.6) is 0 Å². The van der Waals surface area contributed by atoms with Crippen LogP contribution >= 0.6 is 11.8 Å². The molecule has 3 unspecified atom stereocenters. The lowest BCUT2D eigenvalue weighted by Crippen LogP contribution is -2.54. The number of hydrogen-bond acceptors (Lipinski definition) is 4. The smallest absolute Gasteiger partial charge is 0.326 e. The van der Waals surface area contributed by atoms with E-state index in [0.717, 1.165) is 18.1 Å². The maximum absolute atomic E-state index is 12.2. The van der Waals surface area contributed by atoms with Crippen molar-refractivity contribution in [3.05, 3.63) is 0 Å². The first-order chi connectivity index (χ1) is 9.25. The molecule has 20 heavy (non-hydrogen) atoms. The molecular weight excluding hydrogens is 270 g/mol. The van der Waals surface area contributed by atoms with Gasteiger partial charge in [-0.25, -0.2) is 0 Å². The number of hydrogen-bond donors (Lipinski definition) is 1. The van der Waals surface area contributed by atoms with Crippen LogP contribution < -0.4 is 5.32 Å². The molecule has 0 aromatic rings. The second-order valence-corrected chi connectivity index (χ2v) is 7.68. The number of ether oxygens (including phenoxy) is 1. The molecule has 0 aromatic heterocycles. The molecule has 0 aromatic carbocycles. The second-order valence-electron chi connectivity index (χ2n) is 6.21. The standard InChI is InChI=1S/C16H33NO2S/c1-8-13(5)11-20-14(6)10-16(7,17-12(3)4)15(18)19-9-2/h12-14,17H,8-11H2,1-7H3. The largest absolute Gasteiger partial charge is 0.465 e. The summed E-state index contributed by atoms with van der Waals surface area (Å²) in [4.78, 5) is 12.2. The van der Waals surface area contributed by atoms with E-state index in [9.17, 15) is 4.79 Å². The van der Waals surface area contributed by atoms with Crippen LogP contribution in [0.2, 0.25) is 0 Å². The van der Waals surface area contributed by atoms with Crippen LogP contribution in [0.15, 0.2) is 0 Å². The van der Waals surface area contributed by atoms with E-state index in [0.29, 0.717) is 11.9 Å². The third-order valence-corrected chi connectivity index (χ3v) is 4.89. The van der Waals surface area contributed by atoms with Crippen molar-refractivity contribution in [2.75, 3.05) is 12.4 Å². The molecule has 0 rings (SSSR count). The van der Waals surface area contributed by atoms with Gasteiger partial charge < -0.3 is 4.74 Å². The van der Waals surface area contributed by atoms with E-state index in [-0.39, 0.29) is 12.0 Å². The fourth-order valence-electron chi connectivity index (χ4n) is 2.21. The highest BCUT2D eigenvalue weighted by molar-refractivity contribution is 7.99. The molecule has 0 spiro atoms. The minimum Gasteiger partial charge on any atom is -0.465 e. The highest BCUT2D eigenvalue weighted by Crippen LogP contribution is 2.26. The highest BCUT2D eigenvalue weighted by Gasteiger charge is 2.36. The number of carbonyl (C=O) groups is 1. The predicted molar refractivity (Wildman–Crippen MR) is 89.3 cm³/mol. The van der Waals surface area contributed by atoms with Crippen molar-refractivity contribution in [1.82, 2.24) is 5.32 Å². The number of esters is 1. The van der Waals surface area contributed by atoms with Gasteiger partial charge in [0.2, 0.25) is 0 Å². The lowest BCUT2D eigenvalue weighted by atomic mass is 9.95. The fourth-order valence-corrected chi connectivity index (χ4v) is 3.55. The summed E-state index contributed by atoms with van der Waals surface area (Å²) in [6.45, 7) is 15.1. The second kappa shape index (κ2) is 9.67. The quantitative estimate of drug-likeness (QED) is 0.622. The van der Waals surface area contributed by atoms with E-state index >= 15 is 0 Å². The van der Waals surface area contributed by atoms with Gasteiger partial charge >= 0.3 is 5.97 Å². The first-order valence-electron chi connectivity index (χ1n) is 7.81. The average molecular weight is 304 g/mol. The van der Waals surface area contributed by atoms with Crippen LogP contribution in [0, 0.1) is 5.92 Å². The van der Waals surface area contributed by atoms with Gasteiger partial charge in [-0.15, -0.1) is 0 Å². The summed E-state index contributed by atoms with van der Waals surface area (Å²) in [7, 11) is 0. The highest BCUT2D eigenvalue weighted by atomic mass is 32.2. The van der Waals surface area contributed by atoms with Crippen LogP contribution in [0.1, 0.15) is 61.3 Å². The summed E-state index contributed by atoms with van der Waals surface area (Å²) < 4.78 is 5.24. The van der Waals surface area contributed by atoms with E-state index in [4.69, 9.17) is 4.74 Å². The van der Waals surface area contributed by atoms with E-state index in [1.165, 1.54) is 6.42 Å². The average Bonchev–Trinajstić information content (AvgIpc) is 2.35. The zero-order chi connectivity index (χ0) is 15.8. The molecule has 3 nitrogen and oxygen atoms in total. The SMILES string of the molecule is CCOC(=O)C(C)(CC(C)SCC(C)CC)NC(C)C. The van der Waals surface area contributed by atoms with Gasteiger partial charge in [-0.05, 0) is 45.8 Å². The van der Waals surface area contributed by atoms with Crippen LogP contribution in [0.3, 0.4) is 0 Å². The Morgan fingerprint density at radius 3 is 2.30 bits per heavy atom. The summed E-state index contributed by atoms with van der Waals surface area (Å²) in [5.74, 6) is 1.75. The van der Waals surface area contributed by atoms with Gasteiger partial charge in [0, 0.05) is 11.3 Å². The normalized spacial score (nSPS) is 17.6. The summed E-state index contributed by atoms with van der Waals surface area (Å²) in [6, 6.07) is 0.260. The Labute approximate surface area is 129 Å².